The SMILES string of the molecule is CCOC(=O)C1CC=C(c2cnc(OC)nc2)CC1. The maximum absolute atomic E-state index is 11.6. The van der Waals surface area contributed by atoms with Gasteiger partial charge in [0.25, 0.3) is 0 Å². The number of nitrogens with zero attached hydrogens (tertiary/aromatic N) is 2. The molecule has 1 atom stereocenters. The second kappa shape index (κ2) is 6.31. The highest BCUT2D eigenvalue weighted by Gasteiger charge is 2.23. The summed E-state index contributed by atoms with van der Waals surface area (Å²) in [5, 5.41) is 0. The summed E-state index contributed by atoms with van der Waals surface area (Å²) in [4.78, 5) is 19.8. The van der Waals surface area contributed by atoms with Gasteiger partial charge < -0.3 is 9.47 Å². The zero-order valence-corrected chi connectivity index (χ0v) is 11.3. The molecule has 2 rings (SSSR count). The summed E-state index contributed by atoms with van der Waals surface area (Å²) in [6, 6.07) is 0.365. The molecule has 1 aromatic rings. The van der Waals surface area contributed by atoms with Crippen LogP contribution < -0.4 is 4.74 Å². The van der Waals surface area contributed by atoms with Crippen LogP contribution in [0.1, 0.15) is 31.7 Å². The number of carbonyl (C=O) groups is 1. The lowest BCUT2D eigenvalue weighted by Gasteiger charge is -2.20. The summed E-state index contributed by atoms with van der Waals surface area (Å²) < 4.78 is 9.97. The molecule has 19 heavy (non-hydrogen) atoms. The van der Waals surface area contributed by atoms with Crippen molar-refractivity contribution in [2.75, 3.05) is 13.7 Å². The lowest BCUT2D eigenvalue weighted by Crippen LogP contribution is -2.19. The van der Waals surface area contributed by atoms with Crippen LogP contribution in [-0.4, -0.2) is 29.7 Å². The van der Waals surface area contributed by atoms with Crippen molar-refractivity contribution in [1.29, 1.82) is 0 Å². The van der Waals surface area contributed by atoms with Gasteiger partial charge in [-0.25, -0.2) is 9.97 Å². The molecule has 102 valence electrons. The van der Waals surface area contributed by atoms with E-state index in [2.05, 4.69) is 16.0 Å². The molecule has 5 heteroatoms. The predicted octanol–water partition coefficient (Wildman–Crippen LogP) is 2.23. The lowest BCUT2D eigenvalue weighted by atomic mass is 9.87. The highest BCUT2D eigenvalue weighted by Crippen LogP contribution is 2.30. The molecule has 0 amide bonds. The van der Waals surface area contributed by atoms with Gasteiger partial charge in [-0.05, 0) is 31.8 Å². The Hall–Kier alpha value is -1.91. The molecule has 0 spiro atoms. The predicted molar refractivity (Wildman–Crippen MR) is 70.5 cm³/mol. The molecule has 0 radical (unpaired) electrons. The number of carbonyl (C=O) groups excluding carboxylic acids is 1. The van der Waals surface area contributed by atoms with Gasteiger partial charge in [-0.15, -0.1) is 0 Å². The van der Waals surface area contributed by atoms with Crippen molar-refractivity contribution in [1.82, 2.24) is 9.97 Å². The fourth-order valence-corrected chi connectivity index (χ4v) is 2.16. The highest BCUT2D eigenvalue weighted by molar-refractivity contribution is 5.75. The number of allylic oxidation sites excluding steroid dienone is 2. The van der Waals surface area contributed by atoms with Gasteiger partial charge in [0.2, 0.25) is 0 Å². The number of esters is 1. The van der Waals surface area contributed by atoms with E-state index in [4.69, 9.17) is 9.47 Å². The van der Waals surface area contributed by atoms with E-state index in [1.165, 1.54) is 5.57 Å². The molecule has 0 aliphatic heterocycles. The Kier molecular flexibility index (Phi) is 4.49. The van der Waals surface area contributed by atoms with Gasteiger partial charge in [-0.2, -0.15) is 0 Å². The molecule has 1 aliphatic carbocycles. The molecule has 0 saturated heterocycles. The molecule has 0 aromatic carbocycles. The Bertz CT molecular complexity index is 468. The monoisotopic (exact) mass is 262 g/mol. The van der Waals surface area contributed by atoms with Crippen LogP contribution in [-0.2, 0) is 9.53 Å². The van der Waals surface area contributed by atoms with Gasteiger partial charge in [0, 0.05) is 18.0 Å². The van der Waals surface area contributed by atoms with E-state index in [0.29, 0.717) is 12.6 Å². The van der Waals surface area contributed by atoms with Crippen molar-refractivity contribution >= 4 is 11.5 Å². The van der Waals surface area contributed by atoms with Crippen LogP contribution in [0.2, 0.25) is 0 Å². The molecule has 0 fully saturated rings. The van der Waals surface area contributed by atoms with Crippen molar-refractivity contribution in [3.63, 3.8) is 0 Å². The van der Waals surface area contributed by atoms with Gasteiger partial charge in [0.15, 0.2) is 0 Å². The summed E-state index contributed by atoms with van der Waals surface area (Å²) >= 11 is 0. The Morgan fingerprint density at radius 1 is 1.42 bits per heavy atom. The molecule has 1 heterocycles. The molecule has 1 aromatic heterocycles. The van der Waals surface area contributed by atoms with E-state index in [-0.39, 0.29) is 11.9 Å². The number of hydrogen-bond donors (Lipinski definition) is 0. The zero-order valence-electron chi connectivity index (χ0n) is 11.3. The maximum Gasteiger partial charge on any atom is 0.316 e. The first-order chi connectivity index (χ1) is 9.24. The van der Waals surface area contributed by atoms with Gasteiger partial charge in [-0.1, -0.05) is 6.08 Å². The Labute approximate surface area is 112 Å². The van der Waals surface area contributed by atoms with Crippen molar-refractivity contribution in [2.45, 2.75) is 26.2 Å². The number of ether oxygens (including phenoxy) is 2. The first kappa shape index (κ1) is 13.5. The highest BCUT2D eigenvalue weighted by atomic mass is 16.5. The standard InChI is InChI=1S/C14H18N2O3/c1-3-19-13(17)11-6-4-10(5-7-11)12-8-15-14(18-2)16-9-12/h4,8-9,11H,3,5-7H2,1-2H3. The van der Waals surface area contributed by atoms with E-state index in [9.17, 15) is 4.79 Å². The van der Waals surface area contributed by atoms with Gasteiger partial charge >= 0.3 is 12.0 Å². The van der Waals surface area contributed by atoms with Crippen LogP contribution in [0.4, 0.5) is 0 Å². The number of hydrogen-bond acceptors (Lipinski definition) is 5. The quantitative estimate of drug-likeness (QED) is 0.779. The van der Waals surface area contributed by atoms with E-state index in [1.807, 2.05) is 6.92 Å². The first-order valence-electron chi connectivity index (χ1n) is 6.46. The molecular formula is C14H18N2O3. The van der Waals surface area contributed by atoms with E-state index >= 15 is 0 Å². The normalized spacial score (nSPS) is 18.6. The molecule has 0 bridgehead atoms. The van der Waals surface area contributed by atoms with Crippen LogP contribution in [0.5, 0.6) is 6.01 Å². The second-order valence-electron chi connectivity index (χ2n) is 4.41. The third-order valence-corrected chi connectivity index (χ3v) is 3.21. The fourth-order valence-electron chi connectivity index (χ4n) is 2.16. The van der Waals surface area contributed by atoms with Crippen LogP contribution in [0.25, 0.3) is 5.57 Å². The number of aromatic nitrogens is 2. The third kappa shape index (κ3) is 3.30. The van der Waals surface area contributed by atoms with Crippen LogP contribution in [0, 0.1) is 5.92 Å². The number of methoxy groups -OCH3 is 1. The van der Waals surface area contributed by atoms with Crippen LogP contribution in [0.15, 0.2) is 18.5 Å². The minimum Gasteiger partial charge on any atom is -0.467 e. The number of rotatable bonds is 4. The molecular weight excluding hydrogens is 244 g/mol. The Morgan fingerprint density at radius 3 is 2.68 bits per heavy atom. The first-order valence-corrected chi connectivity index (χ1v) is 6.46. The molecule has 5 nitrogen and oxygen atoms in total. The summed E-state index contributed by atoms with van der Waals surface area (Å²) in [5.74, 6) is -0.105. The van der Waals surface area contributed by atoms with E-state index < -0.39 is 0 Å². The van der Waals surface area contributed by atoms with Crippen molar-refractivity contribution in [3.05, 3.63) is 24.0 Å². The smallest absolute Gasteiger partial charge is 0.316 e. The summed E-state index contributed by atoms with van der Waals surface area (Å²) in [7, 11) is 1.54. The maximum atomic E-state index is 11.6. The van der Waals surface area contributed by atoms with Gasteiger partial charge in [-0.3, -0.25) is 4.79 Å². The average Bonchev–Trinajstić information content (AvgIpc) is 2.48. The van der Waals surface area contributed by atoms with E-state index in [1.54, 1.807) is 19.5 Å². The van der Waals surface area contributed by atoms with Gasteiger partial charge in [0.1, 0.15) is 0 Å². The third-order valence-electron chi connectivity index (χ3n) is 3.21. The molecule has 0 N–H and O–H groups in total. The van der Waals surface area contributed by atoms with Crippen LogP contribution >= 0.6 is 0 Å². The molecule has 1 aliphatic rings. The lowest BCUT2D eigenvalue weighted by molar-refractivity contribution is -0.148. The van der Waals surface area contributed by atoms with Crippen molar-refractivity contribution in [3.8, 4) is 6.01 Å². The van der Waals surface area contributed by atoms with Crippen molar-refractivity contribution < 1.29 is 14.3 Å². The van der Waals surface area contributed by atoms with Crippen molar-refractivity contribution in [2.24, 2.45) is 5.92 Å². The second-order valence-corrected chi connectivity index (χ2v) is 4.41. The summed E-state index contributed by atoms with van der Waals surface area (Å²) in [6.45, 7) is 2.27. The molecule has 0 saturated carbocycles. The van der Waals surface area contributed by atoms with E-state index in [0.717, 1.165) is 24.8 Å². The fraction of sp³-hybridized carbons (Fsp3) is 0.500. The minimum absolute atomic E-state index is 0.0112. The summed E-state index contributed by atoms with van der Waals surface area (Å²) in [6.07, 6.45) is 7.97. The Morgan fingerprint density at radius 2 is 2.16 bits per heavy atom. The average molecular weight is 262 g/mol. The molecule has 1 unspecified atom stereocenters. The zero-order chi connectivity index (χ0) is 13.7. The largest absolute Gasteiger partial charge is 0.467 e. The topological polar surface area (TPSA) is 61.3 Å². The van der Waals surface area contributed by atoms with Crippen LogP contribution in [0.3, 0.4) is 0 Å². The summed E-state index contributed by atoms with van der Waals surface area (Å²) in [5.41, 5.74) is 2.17. The minimum atomic E-state index is -0.0937. The van der Waals surface area contributed by atoms with Gasteiger partial charge in [0.05, 0.1) is 19.6 Å². The Balaban J connectivity index is 2.01.